The molecule has 5 rings (SSSR count). The van der Waals surface area contributed by atoms with Crippen molar-refractivity contribution in [2.45, 2.75) is 36.9 Å². The minimum Gasteiger partial charge on any atom is -0.299 e. The Kier molecular flexibility index (Phi) is 7.05. The van der Waals surface area contributed by atoms with Gasteiger partial charge in [0.2, 0.25) is 10.0 Å². The number of rotatable bonds is 7. The summed E-state index contributed by atoms with van der Waals surface area (Å²) in [6.45, 7) is 2.54. The lowest BCUT2D eigenvalue weighted by Gasteiger charge is -2.38. The Balaban J connectivity index is 1.41. The van der Waals surface area contributed by atoms with Gasteiger partial charge in [-0.05, 0) is 54.3 Å². The van der Waals surface area contributed by atoms with Crippen LogP contribution in [0.1, 0.15) is 29.5 Å². The molecule has 8 heteroatoms. The second-order valence-corrected chi connectivity index (χ2v) is 10.9. The minimum atomic E-state index is -3.82. The number of nitriles is 1. The molecular weight excluding hydrogens is 470 g/mol. The normalized spacial score (nSPS) is 15.2. The highest BCUT2D eigenvalue weighted by molar-refractivity contribution is 7.89. The monoisotopic (exact) mass is 497 g/mol. The Morgan fingerprint density at radius 1 is 0.972 bits per heavy atom. The molecule has 2 aromatic heterocycles. The molecule has 1 saturated heterocycles. The van der Waals surface area contributed by atoms with Gasteiger partial charge in [-0.2, -0.15) is 9.57 Å². The molecule has 0 aliphatic carbocycles. The smallest absolute Gasteiger partial charge is 0.245 e. The zero-order valence-electron chi connectivity index (χ0n) is 19.9. The van der Waals surface area contributed by atoms with Gasteiger partial charge in [-0.25, -0.2) is 8.42 Å². The Morgan fingerprint density at radius 3 is 2.50 bits per heavy atom. The van der Waals surface area contributed by atoms with Gasteiger partial charge in [0.1, 0.15) is 4.90 Å². The van der Waals surface area contributed by atoms with Crippen molar-refractivity contribution in [3.05, 3.63) is 102 Å². The number of benzene rings is 2. The van der Waals surface area contributed by atoms with E-state index in [2.05, 4.69) is 20.9 Å². The van der Waals surface area contributed by atoms with E-state index in [0.717, 1.165) is 49.0 Å². The Morgan fingerprint density at radius 2 is 1.72 bits per heavy atom. The molecule has 0 atom stereocenters. The van der Waals surface area contributed by atoms with E-state index < -0.39 is 10.0 Å². The maximum absolute atomic E-state index is 14.1. The first-order valence-electron chi connectivity index (χ1n) is 12.0. The van der Waals surface area contributed by atoms with Crippen LogP contribution in [0.2, 0.25) is 0 Å². The maximum Gasteiger partial charge on any atom is 0.245 e. The Labute approximate surface area is 211 Å². The Hall–Kier alpha value is -3.64. The van der Waals surface area contributed by atoms with Gasteiger partial charge < -0.3 is 0 Å². The predicted octanol–water partition coefficient (Wildman–Crippen LogP) is 4.36. The van der Waals surface area contributed by atoms with E-state index in [1.807, 2.05) is 48.5 Å². The number of fused-ring (bicyclic) bond motifs is 1. The van der Waals surface area contributed by atoms with Crippen LogP contribution in [0.15, 0.2) is 90.2 Å². The van der Waals surface area contributed by atoms with Crippen molar-refractivity contribution in [3.8, 4) is 6.07 Å². The zero-order chi connectivity index (χ0) is 25.0. The molecule has 0 unspecified atom stereocenters. The van der Waals surface area contributed by atoms with Gasteiger partial charge in [0.05, 0.1) is 17.1 Å². The largest absolute Gasteiger partial charge is 0.299 e. The fourth-order valence-electron chi connectivity index (χ4n) is 4.86. The summed E-state index contributed by atoms with van der Waals surface area (Å²) in [5.41, 5.74) is 3.09. The highest BCUT2D eigenvalue weighted by atomic mass is 32.2. The van der Waals surface area contributed by atoms with E-state index in [-0.39, 0.29) is 17.5 Å². The number of pyridine rings is 2. The molecule has 1 aliphatic heterocycles. The molecule has 1 fully saturated rings. The third-order valence-electron chi connectivity index (χ3n) is 6.67. The molecule has 0 radical (unpaired) electrons. The number of sulfonamides is 1. The van der Waals surface area contributed by atoms with Crippen molar-refractivity contribution in [2.24, 2.45) is 0 Å². The topological polar surface area (TPSA) is 90.2 Å². The summed E-state index contributed by atoms with van der Waals surface area (Å²) < 4.78 is 29.9. The summed E-state index contributed by atoms with van der Waals surface area (Å²) >= 11 is 0. The molecule has 0 bridgehead atoms. The van der Waals surface area contributed by atoms with Crippen LogP contribution in [0.25, 0.3) is 10.9 Å². The summed E-state index contributed by atoms with van der Waals surface area (Å²) in [4.78, 5) is 11.2. The lowest BCUT2D eigenvalue weighted by molar-refractivity contribution is 0.150. The number of hydrogen-bond donors (Lipinski definition) is 0. The van der Waals surface area contributed by atoms with Crippen LogP contribution in [-0.2, 0) is 23.1 Å². The number of para-hydroxylation sites is 1. The van der Waals surface area contributed by atoms with Crippen molar-refractivity contribution in [3.63, 3.8) is 0 Å². The van der Waals surface area contributed by atoms with E-state index in [0.29, 0.717) is 11.1 Å². The van der Waals surface area contributed by atoms with Crippen LogP contribution in [0.4, 0.5) is 0 Å². The summed E-state index contributed by atoms with van der Waals surface area (Å²) in [6, 6.07) is 22.4. The third-order valence-corrected chi connectivity index (χ3v) is 8.60. The van der Waals surface area contributed by atoms with Crippen LogP contribution in [0.3, 0.4) is 0 Å². The van der Waals surface area contributed by atoms with Gasteiger partial charge in [0.25, 0.3) is 0 Å². The second kappa shape index (κ2) is 10.5. The first-order valence-corrected chi connectivity index (χ1v) is 13.4. The lowest BCUT2D eigenvalue weighted by Crippen LogP contribution is -2.46. The molecule has 2 aromatic carbocycles. The van der Waals surface area contributed by atoms with Gasteiger partial charge in [-0.1, -0.05) is 36.4 Å². The van der Waals surface area contributed by atoms with E-state index in [1.54, 1.807) is 41.1 Å². The number of aromatic nitrogens is 2. The molecule has 36 heavy (non-hydrogen) atoms. The molecule has 1 aliphatic rings. The summed E-state index contributed by atoms with van der Waals surface area (Å²) in [6.07, 6.45) is 6.48. The summed E-state index contributed by atoms with van der Waals surface area (Å²) in [5, 5.41) is 9.99. The third kappa shape index (κ3) is 5.14. The number of nitrogens with zero attached hydrogens (tertiary/aromatic N) is 5. The van der Waals surface area contributed by atoms with Crippen molar-refractivity contribution in [1.82, 2.24) is 19.2 Å². The summed E-state index contributed by atoms with van der Waals surface area (Å²) in [7, 11) is -3.82. The molecule has 0 N–H and O–H groups in total. The standard InChI is InChI=1S/C28H27N5O2S/c29-18-22-5-1-6-23(17-22)20-32-15-11-26(12-16-32)33(21-24-7-3-13-30-19-24)36(34,35)27-10-2-8-25-9-4-14-31-28(25)27/h1-10,13-14,17,19,26H,11-12,15-16,20-21H2. The van der Waals surface area contributed by atoms with Crippen LogP contribution in [0, 0.1) is 11.3 Å². The average Bonchev–Trinajstić information content (AvgIpc) is 2.92. The number of piperidine rings is 1. The summed E-state index contributed by atoms with van der Waals surface area (Å²) in [5.74, 6) is 0. The molecule has 3 heterocycles. The maximum atomic E-state index is 14.1. The van der Waals surface area contributed by atoms with Gasteiger partial charge >= 0.3 is 0 Å². The molecule has 7 nitrogen and oxygen atoms in total. The highest BCUT2D eigenvalue weighted by Crippen LogP contribution is 2.30. The fraction of sp³-hybridized carbons (Fsp3) is 0.250. The Bertz CT molecular complexity index is 1490. The molecule has 4 aromatic rings. The molecule has 0 amide bonds. The van der Waals surface area contributed by atoms with Crippen molar-refractivity contribution in [1.29, 1.82) is 5.26 Å². The van der Waals surface area contributed by atoms with Crippen LogP contribution in [0.5, 0.6) is 0 Å². The highest BCUT2D eigenvalue weighted by Gasteiger charge is 2.35. The van der Waals surface area contributed by atoms with Crippen LogP contribution < -0.4 is 0 Å². The van der Waals surface area contributed by atoms with E-state index in [1.165, 1.54) is 0 Å². The van der Waals surface area contributed by atoms with Gasteiger partial charge in [-0.15, -0.1) is 0 Å². The van der Waals surface area contributed by atoms with Crippen LogP contribution in [-0.4, -0.2) is 46.7 Å². The second-order valence-electron chi connectivity index (χ2n) is 9.06. The zero-order valence-corrected chi connectivity index (χ0v) is 20.7. The predicted molar refractivity (Wildman–Crippen MR) is 138 cm³/mol. The SMILES string of the molecule is N#Cc1cccc(CN2CCC(N(Cc3cccnc3)S(=O)(=O)c3cccc4cccnc34)CC2)c1. The molecule has 0 spiro atoms. The first kappa shape index (κ1) is 24.1. The average molecular weight is 498 g/mol. The quantitative estimate of drug-likeness (QED) is 0.377. The van der Waals surface area contributed by atoms with E-state index in [9.17, 15) is 13.7 Å². The van der Waals surface area contributed by atoms with E-state index >= 15 is 0 Å². The van der Waals surface area contributed by atoms with Gasteiger partial charge in [0.15, 0.2) is 0 Å². The van der Waals surface area contributed by atoms with Crippen LogP contribution >= 0.6 is 0 Å². The number of likely N-dealkylation sites (tertiary alicyclic amines) is 1. The minimum absolute atomic E-state index is 0.143. The van der Waals surface area contributed by atoms with Gasteiger partial charge in [0, 0.05) is 56.2 Å². The molecule has 182 valence electrons. The molecular formula is C28H27N5O2S. The van der Waals surface area contributed by atoms with Crippen molar-refractivity contribution < 1.29 is 8.42 Å². The van der Waals surface area contributed by atoms with Gasteiger partial charge in [-0.3, -0.25) is 14.9 Å². The van der Waals surface area contributed by atoms with Crippen molar-refractivity contribution in [2.75, 3.05) is 13.1 Å². The molecule has 0 saturated carbocycles. The fourth-order valence-corrected chi connectivity index (χ4v) is 6.70. The first-order chi connectivity index (χ1) is 17.5. The lowest BCUT2D eigenvalue weighted by atomic mass is 10.0. The van der Waals surface area contributed by atoms with Crippen molar-refractivity contribution >= 4 is 20.9 Å². The van der Waals surface area contributed by atoms with E-state index in [4.69, 9.17) is 0 Å². The number of hydrogen-bond acceptors (Lipinski definition) is 6.